The third kappa shape index (κ3) is 4.85. The SMILES string of the molecule is CCc1cc(-c2ccccc2)ccc1-c1ccc(CCC(CO)CO)cc1. The molecule has 0 saturated heterocycles. The van der Waals surface area contributed by atoms with Gasteiger partial charge in [0.1, 0.15) is 0 Å². The molecule has 0 saturated carbocycles. The van der Waals surface area contributed by atoms with Crippen molar-refractivity contribution in [1.82, 2.24) is 0 Å². The van der Waals surface area contributed by atoms with E-state index < -0.39 is 0 Å². The first-order valence-corrected chi connectivity index (χ1v) is 9.74. The molecule has 0 amide bonds. The van der Waals surface area contributed by atoms with Gasteiger partial charge in [-0.3, -0.25) is 0 Å². The summed E-state index contributed by atoms with van der Waals surface area (Å²) < 4.78 is 0. The third-order valence-corrected chi connectivity index (χ3v) is 5.22. The minimum Gasteiger partial charge on any atom is -0.396 e. The Labute approximate surface area is 162 Å². The van der Waals surface area contributed by atoms with E-state index in [0.717, 1.165) is 19.3 Å². The topological polar surface area (TPSA) is 40.5 Å². The molecule has 0 fully saturated rings. The van der Waals surface area contributed by atoms with Gasteiger partial charge in [0, 0.05) is 19.1 Å². The highest BCUT2D eigenvalue weighted by Gasteiger charge is 2.08. The maximum atomic E-state index is 9.20. The van der Waals surface area contributed by atoms with Gasteiger partial charge in [0.15, 0.2) is 0 Å². The molecule has 0 spiro atoms. The molecule has 3 aromatic rings. The van der Waals surface area contributed by atoms with Crippen molar-refractivity contribution in [3.05, 3.63) is 83.9 Å². The zero-order chi connectivity index (χ0) is 19.1. The Morgan fingerprint density at radius 3 is 2.04 bits per heavy atom. The van der Waals surface area contributed by atoms with Crippen molar-refractivity contribution < 1.29 is 10.2 Å². The van der Waals surface area contributed by atoms with E-state index in [9.17, 15) is 10.2 Å². The van der Waals surface area contributed by atoms with E-state index in [1.165, 1.54) is 33.4 Å². The lowest BCUT2D eigenvalue weighted by atomic mass is 9.92. The van der Waals surface area contributed by atoms with Crippen LogP contribution in [0.2, 0.25) is 0 Å². The Hall–Kier alpha value is -2.42. The van der Waals surface area contributed by atoms with E-state index in [2.05, 4.69) is 73.7 Å². The molecule has 140 valence electrons. The fraction of sp³-hybridized carbons (Fsp3) is 0.280. The second kappa shape index (κ2) is 9.50. The Kier molecular flexibility index (Phi) is 6.80. The molecular weight excluding hydrogens is 332 g/mol. The van der Waals surface area contributed by atoms with Gasteiger partial charge in [-0.05, 0) is 52.6 Å². The van der Waals surface area contributed by atoms with E-state index in [4.69, 9.17) is 0 Å². The van der Waals surface area contributed by atoms with Gasteiger partial charge in [-0.2, -0.15) is 0 Å². The van der Waals surface area contributed by atoms with Gasteiger partial charge in [0.2, 0.25) is 0 Å². The van der Waals surface area contributed by atoms with Gasteiger partial charge in [-0.1, -0.05) is 79.7 Å². The molecule has 2 heteroatoms. The van der Waals surface area contributed by atoms with Crippen LogP contribution in [0.4, 0.5) is 0 Å². The normalized spacial score (nSPS) is 11.1. The van der Waals surface area contributed by atoms with Crippen molar-refractivity contribution >= 4 is 0 Å². The summed E-state index contributed by atoms with van der Waals surface area (Å²) in [4.78, 5) is 0. The van der Waals surface area contributed by atoms with Crippen molar-refractivity contribution in [1.29, 1.82) is 0 Å². The molecule has 0 aliphatic carbocycles. The molecule has 2 nitrogen and oxygen atoms in total. The molecule has 0 aliphatic heterocycles. The van der Waals surface area contributed by atoms with Crippen LogP contribution < -0.4 is 0 Å². The van der Waals surface area contributed by atoms with Crippen molar-refractivity contribution in [2.45, 2.75) is 26.2 Å². The zero-order valence-electron chi connectivity index (χ0n) is 15.9. The average Bonchev–Trinajstić information content (AvgIpc) is 2.75. The van der Waals surface area contributed by atoms with Crippen LogP contribution in [0.15, 0.2) is 72.8 Å². The highest BCUT2D eigenvalue weighted by molar-refractivity contribution is 5.74. The number of aryl methyl sites for hydroxylation is 2. The van der Waals surface area contributed by atoms with Crippen LogP contribution in [0.5, 0.6) is 0 Å². The van der Waals surface area contributed by atoms with Crippen LogP contribution in [-0.4, -0.2) is 23.4 Å². The number of aliphatic hydroxyl groups excluding tert-OH is 2. The quantitative estimate of drug-likeness (QED) is 0.585. The number of hydrogen-bond donors (Lipinski definition) is 2. The van der Waals surface area contributed by atoms with E-state index in [1.807, 2.05) is 6.07 Å². The summed E-state index contributed by atoms with van der Waals surface area (Å²) in [6.07, 6.45) is 2.67. The largest absolute Gasteiger partial charge is 0.396 e. The summed E-state index contributed by atoms with van der Waals surface area (Å²) in [5.74, 6) is -0.0260. The van der Waals surface area contributed by atoms with Crippen LogP contribution in [0, 0.1) is 5.92 Å². The molecule has 3 rings (SSSR count). The van der Waals surface area contributed by atoms with Gasteiger partial charge in [-0.15, -0.1) is 0 Å². The fourth-order valence-electron chi connectivity index (χ4n) is 3.44. The molecule has 0 bridgehead atoms. The van der Waals surface area contributed by atoms with E-state index in [0.29, 0.717) is 0 Å². The summed E-state index contributed by atoms with van der Waals surface area (Å²) in [5, 5.41) is 18.4. The van der Waals surface area contributed by atoms with Crippen molar-refractivity contribution in [3.63, 3.8) is 0 Å². The molecular formula is C25H28O2. The lowest BCUT2D eigenvalue weighted by molar-refractivity contribution is 0.144. The molecule has 0 radical (unpaired) electrons. The van der Waals surface area contributed by atoms with Gasteiger partial charge in [-0.25, -0.2) is 0 Å². The maximum absolute atomic E-state index is 9.20. The zero-order valence-corrected chi connectivity index (χ0v) is 15.9. The van der Waals surface area contributed by atoms with Crippen LogP contribution in [0.1, 0.15) is 24.5 Å². The van der Waals surface area contributed by atoms with Gasteiger partial charge < -0.3 is 10.2 Å². The molecule has 0 heterocycles. The molecule has 0 atom stereocenters. The molecule has 0 aliphatic rings. The highest BCUT2D eigenvalue weighted by atomic mass is 16.3. The van der Waals surface area contributed by atoms with Crippen molar-refractivity contribution in [3.8, 4) is 22.3 Å². The van der Waals surface area contributed by atoms with E-state index in [1.54, 1.807) is 0 Å². The monoisotopic (exact) mass is 360 g/mol. The standard InChI is InChI=1S/C25H28O2/c1-2-21-16-24(22-6-4-3-5-7-22)14-15-25(21)23-12-10-19(11-13-23)8-9-20(17-26)18-27/h3-7,10-16,20,26-27H,2,8-9,17-18H2,1H3. The van der Waals surface area contributed by atoms with E-state index >= 15 is 0 Å². The Morgan fingerprint density at radius 2 is 1.41 bits per heavy atom. The van der Waals surface area contributed by atoms with Gasteiger partial charge in [0.05, 0.1) is 0 Å². The lowest BCUT2D eigenvalue weighted by Crippen LogP contribution is -2.11. The van der Waals surface area contributed by atoms with Crippen LogP contribution in [0.3, 0.4) is 0 Å². The number of rotatable bonds is 8. The highest BCUT2D eigenvalue weighted by Crippen LogP contribution is 2.30. The molecule has 0 unspecified atom stereocenters. The van der Waals surface area contributed by atoms with Crippen LogP contribution in [0.25, 0.3) is 22.3 Å². The molecule has 2 N–H and O–H groups in total. The second-order valence-electron chi connectivity index (χ2n) is 7.06. The summed E-state index contributed by atoms with van der Waals surface area (Å²) >= 11 is 0. The minimum atomic E-state index is -0.0260. The number of benzene rings is 3. The molecule has 27 heavy (non-hydrogen) atoms. The first kappa shape index (κ1) is 19.3. The molecule has 0 aromatic heterocycles. The summed E-state index contributed by atoms with van der Waals surface area (Å²) in [5.41, 5.74) is 7.61. The lowest BCUT2D eigenvalue weighted by Gasteiger charge is -2.13. The smallest absolute Gasteiger partial charge is 0.0481 e. The summed E-state index contributed by atoms with van der Waals surface area (Å²) in [7, 11) is 0. The summed E-state index contributed by atoms with van der Waals surface area (Å²) in [6.45, 7) is 2.29. The van der Waals surface area contributed by atoms with Gasteiger partial charge in [0.25, 0.3) is 0 Å². The minimum absolute atomic E-state index is 0.0260. The fourth-order valence-corrected chi connectivity index (χ4v) is 3.44. The van der Waals surface area contributed by atoms with Crippen LogP contribution >= 0.6 is 0 Å². The Morgan fingerprint density at radius 1 is 0.741 bits per heavy atom. The predicted octanol–water partition coefficient (Wildman–Crippen LogP) is 5.12. The van der Waals surface area contributed by atoms with Gasteiger partial charge >= 0.3 is 0 Å². The Balaban J connectivity index is 1.79. The first-order valence-electron chi connectivity index (χ1n) is 9.74. The average molecular weight is 360 g/mol. The maximum Gasteiger partial charge on any atom is 0.0481 e. The number of hydrogen-bond acceptors (Lipinski definition) is 2. The Bertz CT molecular complexity index is 834. The summed E-state index contributed by atoms with van der Waals surface area (Å²) in [6, 6.07) is 25.9. The van der Waals surface area contributed by atoms with E-state index in [-0.39, 0.29) is 19.1 Å². The van der Waals surface area contributed by atoms with Crippen molar-refractivity contribution in [2.24, 2.45) is 5.92 Å². The van der Waals surface area contributed by atoms with Crippen molar-refractivity contribution in [2.75, 3.05) is 13.2 Å². The third-order valence-electron chi connectivity index (χ3n) is 5.22. The number of aliphatic hydroxyl groups is 2. The molecule has 3 aromatic carbocycles. The second-order valence-corrected chi connectivity index (χ2v) is 7.06. The predicted molar refractivity (Wildman–Crippen MR) is 113 cm³/mol. The first-order chi connectivity index (χ1) is 13.2. The van der Waals surface area contributed by atoms with Crippen LogP contribution in [-0.2, 0) is 12.8 Å².